The molecule has 0 saturated heterocycles. The smallest absolute Gasteiger partial charge is 0.485 e. The molecule has 234 valence electrons. The molecule has 1 saturated carbocycles. The Bertz CT molecular complexity index is 1480. The summed E-state index contributed by atoms with van der Waals surface area (Å²) in [7, 11) is 0. The molecule has 2 aromatic heterocycles. The average Bonchev–Trinajstić information content (AvgIpc) is 3.68. The highest BCUT2D eigenvalue weighted by Crippen LogP contribution is 2.42. The van der Waals surface area contributed by atoms with Crippen LogP contribution >= 0.6 is 0 Å². The molecule has 4 rings (SSSR count). The Morgan fingerprint density at radius 3 is 2.26 bits per heavy atom. The molecule has 15 heteroatoms. The average molecular weight is 615 g/mol. The first-order valence-corrected chi connectivity index (χ1v) is 13.2. The molecule has 4 N–H and O–H groups in total. The second-order valence-electron chi connectivity index (χ2n) is 10.4. The van der Waals surface area contributed by atoms with Crippen LogP contribution < -0.4 is 15.4 Å². The lowest BCUT2D eigenvalue weighted by Crippen LogP contribution is -2.53. The quantitative estimate of drug-likeness (QED) is 0.219. The van der Waals surface area contributed by atoms with Gasteiger partial charge >= 0.3 is 18.2 Å². The van der Waals surface area contributed by atoms with Gasteiger partial charge in [0.15, 0.2) is 11.4 Å². The third-order valence-corrected chi connectivity index (χ3v) is 6.67. The van der Waals surface area contributed by atoms with Gasteiger partial charge in [-0.25, -0.2) is 23.4 Å². The van der Waals surface area contributed by atoms with E-state index in [0.29, 0.717) is 35.1 Å². The lowest BCUT2D eigenvalue weighted by atomic mass is 9.96. The van der Waals surface area contributed by atoms with Crippen LogP contribution in [0.4, 0.5) is 26.7 Å². The van der Waals surface area contributed by atoms with E-state index in [1.807, 2.05) is 19.2 Å². The van der Waals surface area contributed by atoms with Gasteiger partial charge in [0.25, 0.3) is 5.91 Å². The lowest BCUT2D eigenvalue weighted by Gasteiger charge is -2.29. The molecule has 1 atom stereocenters. The number of nitrogens with one attached hydrogen (secondary N) is 2. The summed E-state index contributed by atoms with van der Waals surface area (Å²) in [5.74, 6) is -3.93. The van der Waals surface area contributed by atoms with Crippen molar-refractivity contribution in [3.8, 4) is 5.75 Å². The third kappa shape index (κ3) is 8.55. The van der Waals surface area contributed by atoms with Gasteiger partial charge < -0.3 is 25.6 Å². The maximum atomic E-state index is 14.1. The molecular weight excluding hydrogens is 583 g/mol. The maximum Gasteiger partial charge on any atom is 0.490 e. The van der Waals surface area contributed by atoms with Crippen molar-refractivity contribution in [2.45, 2.75) is 70.7 Å². The summed E-state index contributed by atoms with van der Waals surface area (Å²) in [4.78, 5) is 37.9. The number of halogens is 5. The highest BCUT2D eigenvalue weighted by Gasteiger charge is 2.38. The number of hydrogen-bond acceptors (Lipinski definition) is 5. The van der Waals surface area contributed by atoms with Crippen LogP contribution in [0.2, 0.25) is 0 Å². The monoisotopic (exact) mass is 614 g/mol. The number of pyridine rings is 1. The number of carbonyl (C=O) groups is 3. The predicted octanol–water partition coefficient (Wildman–Crippen LogP) is 5.57. The highest BCUT2D eigenvalue weighted by atomic mass is 19.4. The second-order valence-corrected chi connectivity index (χ2v) is 10.4. The Morgan fingerprint density at radius 1 is 1.14 bits per heavy atom. The zero-order valence-electron chi connectivity index (χ0n) is 23.5. The molecule has 1 aromatic carbocycles. The van der Waals surface area contributed by atoms with Crippen LogP contribution in [-0.4, -0.2) is 55.8 Å². The molecule has 0 spiro atoms. The van der Waals surface area contributed by atoms with Gasteiger partial charge in [0.2, 0.25) is 0 Å². The van der Waals surface area contributed by atoms with Crippen LogP contribution in [0.25, 0.3) is 5.65 Å². The fraction of sp³-hybridized carbons (Fsp3) is 0.429. The molecule has 1 unspecified atom stereocenters. The molecule has 43 heavy (non-hydrogen) atoms. The minimum Gasteiger partial charge on any atom is -0.485 e. The number of amides is 2. The van der Waals surface area contributed by atoms with Gasteiger partial charge in [0.05, 0.1) is 16.8 Å². The normalized spacial score (nSPS) is 14.3. The van der Waals surface area contributed by atoms with Crippen LogP contribution in [0, 0.1) is 18.6 Å². The minimum atomic E-state index is -5.08. The van der Waals surface area contributed by atoms with E-state index in [-0.39, 0.29) is 18.7 Å². The zero-order chi connectivity index (χ0) is 32.1. The molecule has 1 aliphatic carbocycles. The molecule has 3 aromatic rings. The van der Waals surface area contributed by atoms with Crippen LogP contribution in [0.1, 0.15) is 72.8 Å². The number of hydrogen-bond donors (Lipinski definition) is 4. The van der Waals surface area contributed by atoms with E-state index in [1.165, 1.54) is 18.2 Å². The van der Waals surface area contributed by atoms with E-state index in [4.69, 9.17) is 14.6 Å². The van der Waals surface area contributed by atoms with Crippen molar-refractivity contribution >= 4 is 23.6 Å². The van der Waals surface area contributed by atoms with Crippen molar-refractivity contribution < 1.29 is 51.3 Å². The van der Waals surface area contributed by atoms with Gasteiger partial charge in [-0.05, 0) is 62.8 Å². The van der Waals surface area contributed by atoms with Gasteiger partial charge in [-0.1, -0.05) is 19.4 Å². The number of fused-ring (bicyclic) bond motifs is 1. The van der Waals surface area contributed by atoms with E-state index in [2.05, 4.69) is 15.6 Å². The fourth-order valence-electron chi connectivity index (χ4n) is 4.45. The fourth-order valence-corrected chi connectivity index (χ4v) is 4.45. The molecule has 0 aliphatic heterocycles. The first-order chi connectivity index (χ1) is 20.1. The summed E-state index contributed by atoms with van der Waals surface area (Å²) in [6, 6.07) is 5.45. The van der Waals surface area contributed by atoms with Crippen LogP contribution in [-0.2, 0) is 11.4 Å². The van der Waals surface area contributed by atoms with E-state index >= 15 is 0 Å². The largest absolute Gasteiger partial charge is 0.490 e. The Balaban J connectivity index is 0.000000646. The SMILES string of the molecule is CCCC(C)(CNC(=O)c1c(C)nc2c(OCc3c(F)cccc3F)cc(C3CC3)cn12)NC(=O)O.O=C(O)C(F)(F)F. The molecule has 0 radical (unpaired) electrons. The molecule has 10 nitrogen and oxygen atoms in total. The maximum absolute atomic E-state index is 14.1. The van der Waals surface area contributed by atoms with Gasteiger partial charge in [-0.15, -0.1) is 0 Å². The van der Waals surface area contributed by atoms with E-state index in [9.17, 15) is 36.6 Å². The summed E-state index contributed by atoms with van der Waals surface area (Å²) in [6.07, 6.45) is -1.12. The second kappa shape index (κ2) is 13.3. The molecule has 2 heterocycles. The van der Waals surface area contributed by atoms with E-state index < -0.39 is 41.3 Å². The van der Waals surface area contributed by atoms with Gasteiger partial charge in [0.1, 0.15) is 23.9 Å². The summed E-state index contributed by atoms with van der Waals surface area (Å²) in [5.41, 5.74) is 1.03. The minimum absolute atomic E-state index is 0.0941. The van der Waals surface area contributed by atoms with Crippen molar-refractivity contribution in [3.05, 3.63) is 64.6 Å². The highest BCUT2D eigenvalue weighted by molar-refractivity contribution is 5.95. The Hall–Kier alpha value is -4.43. The zero-order valence-corrected chi connectivity index (χ0v) is 23.5. The lowest BCUT2D eigenvalue weighted by molar-refractivity contribution is -0.192. The number of benzene rings is 1. The topological polar surface area (TPSA) is 142 Å². The van der Waals surface area contributed by atoms with Crippen molar-refractivity contribution in [2.75, 3.05) is 6.54 Å². The number of nitrogens with zero attached hydrogens (tertiary/aromatic N) is 2. The number of imidazole rings is 1. The molecular formula is C28H31F5N4O6. The Labute approximate surface area is 242 Å². The third-order valence-electron chi connectivity index (χ3n) is 6.67. The summed E-state index contributed by atoms with van der Waals surface area (Å²) >= 11 is 0. The van der Waals surface area contributed by atoms with Crippen molar-refractivity contribution in [1.29, 1.82) is 0 Å². The summed E-state index contributed by atoms with van der Waals surface area (Å²) < 4.78 is 67.5. The predicted molar refractivity (Wildman–Crippen MR) is 143 cm³/mol. The number of carboxylic acid groups (broad SMARTS) is 2. The summed E-state index contributed by atoms with van der Waals surface area (Å²) in [6.45, 7) is 5.14. The molecule has 1 aliphatic rings. The van der Waals surface area contributed by atoms with E-state index in [0.717, 1.165) is 24.8 Å². The number of ether oxygens (including phenoxy) is 1. The first kappa shape index (κ1) is 33.1. The van der Waals surface area contributed by atoms with Crippen molar-refractivity contribution in [3.63, 3.8) is 0 Å². The van der Waals surface area contributed by atoms with Crippen LogP contribution in [0.3, 0.4) is 0 Å². The number of aromatic nitrogens is 2. The van der Waals surface area contributed by atoms with Gasteiger partial charge in [-0.3, -0.25) is 9.20 Å². The van der Waals surface area contributed by atoms with Crippen LogP contribution in [0.15, 0.2) is 30.5 Å². The molecule has 1 fully saturated rings. The molecule has 0 bridgehead atoms. The Morgan fingerprint density at radius 2 is 1.74 bits per heavy atom. The standard InChI is InChI=1S/C26H30F2N4O4.C2HF3O2/c1-4-10-26(3,31-25(34)35)14-29-24(33)22-15(2)30-23-21(11-17(12-32(22)23)16-8-9-16)36-13-18-19(27)6-5-7-20(18)28;3-2(4,5)1(6)7/h5-7,11-12,16,31H,4,8-10,13-14H2,1-3H3,(H,29,33)(H,34,35);(H,6,7). The van der Waals surface area contributed by atoms with Gasteiger partial charge in [-0.2, -0.15) is 13.2 Å². The number of alkyl halides is 3. The number of rotatable bonds is 10. The first-order valence-electron chi connectivity index (χ1n) is 13.2. The summed E-state index contributed by atoms with van der Waals surface area (Å²) in [5, 5.41) is 21.7. The van der Waals surface area contributed by atoms with E-state index in [1.54, 1.807) is 18.2 Å². The van der Waals surface area contributed by atoms with Crippen LogP contribution in [0.5, 0.6) is 5.75 Å². The van der Waals surface area contributed by atoms with Crippen molar-refractivity contribution in [2.24, 2.45) is 0 Å². The van der Waals surface area contributed by atoms with Crippen molar-refractivity contribution in [1.82, 2.24) is 20.0 Å². The van der Waals surface area contributed by atoms with Gasteiger partial charge in [0, 0.05) is 12.7 Å². The number of carboxylic acids is 1. The Kier molecular flexibility index (Phi) is 10.2. The number of aryl methyl sites for hydroxylation is 1. The molecule has 2 amide bonds. The number of aliphatic carboxylic acids is 1. The number of carbonyl (C=O) groups excluding carboxylic acids is 1.